The molecule has 0 unspecified atom stereocenters. The number of benzene rings is 2. The number of morpholine rings is 1. The van der Waals surface area contributed by atoms with Gasteiger partial charge >= 0.3 is 0 Å². The number of carbonyl (C=O) groups is 1. The van der Waals surface area contributed by atoms with Gasteiger partial charge in [-0.3, -0.25) is 4.79 Å². The molecule has 1 fully saturated rings. The van der Waals surface area contributed by atoms with E-state index in [1.54, 1.807) is 0 Å². The lowest BCUT2D eigenvalue weighted by Crippen LogP contribution is -2.41. The van der Waals surface area contributed by atoms with Gasteiger partial charge in [-0.15, -0.1) is 0 Å². The third-order valence-corrected chi connectivity index (χ3v) is 4.90. The monoisotopic (exact) mass is 410 g/mol. The quantitative estimate of drug-likeness (QED) is 0.798. The molecule has 8 heteroatoms. The zero-order valence-electron chi connectivity index (χ0n) is 15.4. The average molecular weight is 411 g/mol. The minimum Gasteiger partial charge on any atom is -0.453 e. The fraction of sp³-hybridized carbons (Fsp3) is 0.350. The highest BCUT2D eigenvalue weighted by molar-refractivity contribution is 6.32. The van der Waals surface area contributed by atoms with Crippen molar-refractivity contribution in [2.24, 2.45) is 5.73 Å². The molecule has 0 bridgehead atoms. The van der Waals surface area contributed by atoms with Gasteiger partial charge in [-0.1, -0.05) is 24.6 Å². The topological polar surface area (TPSA) is 64.8 Å². The van der Waals surface area contributed by atoms with E-state index in [1.165, 1.54) is 29.2 Å². The van der Waals surface area contributed by atoms with Crippen LogP contribution in [-0.2, 0) is 4.74 Å². The van der Waals surface area contributed by atoms with Crippen LogP contribution < -0.4 is 10.5 Å². The van der Waals surface area contributed by atoms with Gasteiger partial charge < -0.3 is 20.1 Å². The van der Waals surface area contributed by atoms with Gasteiger partial charge in [-0.05, 0) is 30.7 Å². The lowest BCUT2D eigenvalue weighted by Gasteiger charge is -2.27. The number of amides is 1. The highest BCUT2D eigenvalue weighted by Crippen LogP contribution is 2.36. The maximum absolute atomic E-state index is 14.8. The molecule has 150 valence electrons. The van der Waals surface area contributed by atoms with Crippen molar-refractivity contribution in [3.63, 3.8) is 0 Å². The van der Waals surface area contributed by atoms with Crippen LogP contribution >= 0.6 is 11.6 Å². The van der Waals surface area contributed by atoms with Crippen LogP contribution in [0.1, 0.15) is 35.3 Å². The number of hydrogen-bond acceptors (Lipinski definition) is 4. The second kappa shape index (κ2) is 8.86. The molecule has 1 atom stereocenters. The first-order valence-corrected chi connectivity index (χ1v) is 9.38. The highest BCUT2D eigenvalue weighted by Gasteiger charge is 2.23. The number of hydrogen-bond donors (Lipinski definition) is 1. The van der Waals surface area contributed by atoms with E-state index < -0.39 is 23.6 Å². The van der Waals surface area contributed by atoms with Crippen molar-refractivity contribution < 1.29 is 23.0 Å². The van der Waals surface area contributed by atoms with Crippen molar-refractivity contribution in [3.05, 3.63) is 58.1 Å². The van der Waals surface area contributed by atoms with Crippen molar-refractivity contribution in [1.82, 2.24) is 4.90 Å². The molecule has 2 N–H and O–H groups in total. The van der Waals surface area contributed by atoms with Crippen LogP contribution in [0, 0.1) is 11.6 Å². The Hall–Kier alpha value is -2.22. The molecule has 0 spiro atoms. The van der Waals surface area contributed by atoms with Crippen molar-refractivity contribution >= 4 is 17.5 Å². The lowest BCUT2D eigenvalue weighted by molar-refractivity contribution is 0.0299. The second-order valence-electron chi connectivity index (χ2n) is 6.44. The standard InChI is InChI=1S/C20H21ClF2N2O3/c1-2-17(24)13-4-5-15(21)19(18(13)23)28-12-3-6-16(22)14(11-12)20(26)25-7-9-27-10-8-25/h3-6,11,17H,2,7-10,24H2,1H3/t17-/m1/s1. The van der Waals surface area contributed by atoms with Crippen LogP contribution in [0.15, 0.2) is 30.3 Å². The van der Waals surface area contributed by atoms with E-state index in [1.807, 2.05) is 6.92 Å². The van der Waals surface area contributed by atoms with Crippen LogP contribution in [-0.4, -0.2) is 37.1 Å². The van der Waals surface area contributed by atoms with Gasteiger partial charge in [0.05, 0.1) is 23.8 Å². The summed E-state index contributed by atoms with van der Waals surface area (Å²) in [6.45, 7) is 3.38. The molecule has 3 rings (SSSR count). The molecular weight excluding hydrogens is 390 g/mol. The maximum atomic E-state index is 14.8. The van der Waals surface area contributed by atoms with E-state index >= 15 is 0 Å². The predicted octanol–water partition coefficient (Wildman–Crippen LogP) is 4.29. The minimum absolute atomic E-state index is 0.0509. The second-order valence-corrected chi connectivity index (χ2v) is 6.85. The largest absolute Gasteiger partial charge is 0.453 e. The first kappa shape index (κ1) is 20.5. The Morgan fingerprint density at radius 1 is 1.29 bits per heavy atom. The minimum atomic E-state index is -0.683. The zero-order chi connectivity index (χ0) is 20.3. The summed E-state index contributed by atoms with van der Waals surface area (Å²) in [4.78, 5) is 14.1. The molecule has 0 aliphatic carbocycles. The summed E-state index contributed by atoms with van der Waals surface area (Å²) in [5.74, 6) is -1.94. The van der Waals surface area contributed by atoms with E-state index in [0.717, 1.165) is 6.07 Å². The van der Waals surface area contributed by atoms with Crippen LogP contribution in [0.25, 0.3) is 0 Å². The van der Waals surface area contributed by atoms with Gasteiger partial charge in [0.1, 0.15) is 11.6 Å². The van der Waals surface area contributed by atoms with Gasteiger partial charge in [0.15, 0.2) is 11.6 Å². The third-order valence-electron chi connectivity index (χ3n) is 4.60. The molecule has 0 aromatic heterocycles. The predicted molar refractivity (Wildman–Crippen MR) is 102 cm³/mol. The molecule has 0 radical (unpaired) electrons. The van der Waals surface area contributed by atoms with Crippen LogP contribution in [0.4, 0.5) is 8.78 Å². The fourth-order valence-corrected chi connectivity index (χ4v) is 3.12. The summed E-state index contributed by atoms with van der Waals surface area (Å²) < 4.78 is 39.9. The van der Waals surface area contributed by atoms with Gasteiger partial charge in [0.25, 0.3) is 5.91 Å². The molecular formula is C20H21ClF2N2O3. The first-order valence-electron chi connectivity index (χ1n) is 9.00. The lowest BCUT2D eigenvalue weighted by atomic mass is 10.0. The molecule has 2 aromatic rings. The number of nitrogens with zero attached hydrogens (tertiary/aromatic N) is 1. The smallest absolute Gasteiger partial charge is 0.257 e. The Labute approximate surface area is 167 Å². The SMILES string of the molecule is CC[C@@H](N)c1ccc(Cl)c(Oc2ccc(F)c(C(=O)N3CCOCC3)c2)c1F. The van der Waals surface area contributed by atoms with Crippen LogP contribution in [0.3, 0.4) is 0 Å². The van der Waals surface area contributed by atoms with E-state index in [2.05, 4.69) is 0 Å². The molecule has 2 aromatic carbocycles. The van der Waals surface area contributed by atoms with Crippen molar-refractivity contribution in [2.45, 2.75) is 19.4 Å². The number of ether oxygens (including phenoxy) is 2. The van der Waals surface area contributed by atoms with Crippen LogP contribution in [0.2, 0.25) is 5.02 Å². The summed E-state index contributed by atoms with van der Waals surface area (Å²) in [5, 5.41) is 0.0509. The number of carbonyl (C=O) groups excluding carboxylic acids is 1. The van der Waals surface area contributed by atoms with Gasteiger partial charge in [-0.2, -0.15) is 0 Å². The Kier molecular flexibility index (Phi) is 6.49. The number of rotatable bonds is 5. The van der Waals surface area contributed by atoms with Crippen LogP contribution in [0.5, 0.6) is 11.5 Å². The molecule has 1 aliphatic heterocycles. The summed E-state index contributed by atoms with van der Waals surface area (Å²) in [6, 6.07) is 6.16. The van der Waals surface area contributed by atoms with Gasteiger partial charge in [0.2, 0.25) is 0 Å². The molecule has 1 heterocycles. The van der Waals surface area contributed by atoms with E-state index in [-0.39, 0.29) is 27.6 Å². The molecule has 1 aliphatic rings. The molecule has 5 nitrogen and oxygen atoms in total. The summed E-state index contributed by atoms with van der Waals surface area (Å²) in [7, 11) is 0. The highest BCUT2D eigenvalue weighted by atomic mass is 35.5. The van der Waals surface area contributed by atoms with Crippen molar-refractivity contribution in [1.29, 1.82) is 0 Å². The number of halogens is 3. The Morgan fingerprint density at radius 3 is 2.68 bits per heavy atom. The van der Waals surface area contributed by atoms with Gasteiger partial charge in [-0.25, -0.2) is 8.78 Å². The first-order chi connectivity index (χ1) is 13.4. The van der Waals surface area contributed by atoms with E-state index in [9.17, 15) is 13.6 Å². The normalized spacial score (nSPS) is 15.4. The summed E-state index contributed by atoms with van der Waals surface area (Å²) in [6.07, 6.45) is 0.534. The van der Waals surface area contributed by atoms with Gasteiger partial charge in [0, 0.05) is 24.7 Å². The van der Waals surface area contributed by atoms with Crippen molar-refractivity contribution in [3.8, 4) is 11.5 Å². The zero-order valence-corrected chi connectivity index (χ0v) is 16.1. The third kappa shape index (κ3) is 4.27. The van der Waals surface area contributed by atoms with Crippen molar-refractivity contribution in [2.75, 3.05) is 26.3 Å². The molecule has 28 heavy (non-hydrogen) atoms. The Morgan fingerprint density at radius 2 is 2.00 bits per heavy atom. The maximum Gasteiger partial charge on any atom is 0.257 e. The Balaban J connectivity index is 1.90. The van der Waals surface area contributed by atoms with E-state index in [4.69, 9.17) is 26.8 Å². The molecule has 1 saturated heterocycles. The summed E-state index contributed by atoms with van der Waals surface area (Å²) in [5.41, 5.74) is 6.04. The Bertz CT molecular complexity index is 873. The number of nitrogens with two attached hydrogens (primary N) is 1. The average Bonchev–Trinajstić information content (AvgIpc) is 2.72. The molecule has 1 amide bonds. The summed E-state index contributed by atoms with van der Waals surface area (Å²) >= 11 is 6.09. The van der Waals surface area contributed by atoms with E-state index in [0.29, 0.717) is 32.7 Å². The fourth-order valence-electron chi connectivity index (χ4n) is 2.93. The molecule has 0 saturated carbocycles.